The minimum Gasteiger partial charge on any atom is -0.347 e. The fourth-order valence-electron chi connectivity index (χ4n) is 1.32. The molecule has 0 aliphatic heterocycles. The number of amides is 1. The number of aromatic nitrogens is 2. The molecule has 4 nitrogen and oxygen atoms in total. The van der Waals surface area contributed by atoms with Gasteiger partial charge >= 0.3 is 0 Å². The second-order valence-corrected chi connectivity index (χ2v) is 5.28. The summed E-state index contributed by atoms with van der Waals surface area (Å²) in [6.45, 7) is 4.45. The fraction of sp³-hybridized carbons (Fsp3) is 0.300. The van der Waals surface area contributed by atoms with Crippen LogP contribution in [-0.4, -0.2) is 15.3 Å². The van der Waals surface area contributed by atoms with Crippen LogP contribution < -0.4 is 5.32 Å². The van der Waals surface area contributed by atoms with Gasteiger partial charge in [0.2, 0.25) is 0 Å². The molecule has 0 saturated carbocycles. The molecule has 2 aromatic rings. The zero-order valence-electron chi connectivity index (χ0n) is 8.98. The standard InChI is InChI=1S/C10H11N3OS2/c1-6-9(16-7(2)13-6)4-11-10(14)8-3-12-15-5-8/h3,5H,4H2,1-2H3,(H,11,14). The minimum atomic E-state index is -0.0841. The molecule has 1 N–H and O–H groups in total. The van der Waals surface area contributed by atoms with E-state index < -0.39 is 0 Å². The number of nitrogens with zero attached hydrogens (tertiary/aromatic N) is 2. The van der Waals surface area contributed by atoms with Crippen molar-refractivity contribution in [2.24, 2.45) is 0 Å². The molecule has 0 aliphatic carbocycles. The molecule has 16 heavy (non-hydrogen) atoms. The molecule has 1 amide bonds. The van der Waals surface area contributed by atoms with E-state index in [9.17, 15) is 4.79 Å². The van der Waals surface area contributed by atoms with Crippen LogP contribution >= 0.6 is 22.9 Å². The third-order valence-electron chi connectivity index (χ3n) is 2.10. The lowest BCUT2D eigenvalue weighted by molar-refractivity contribution is 0.0951. The van der Waals surface area contributed by atoms with Crippen LogP contribution in [0.3, 0.4) is 0 Å². The van der Waals surface area contributed by atoms with Crippen LogP contribution in [0.1, 0.15) is 25.9 Å². The molecule has 0 atom stereocenters. The van der Waals surface area contributed by atoms with E-state index >= 15 is 0 Å². The summed E-state index contributed by atoms with van der Waals surface area (Å²) >= 11 is 2.89. The Hall–Kier alpha value is -1.27. The number of thiazole rings is 1. The minimum absolute atomic E-state index is 0.0841. The zero-order chi connectivity index (χ0) is 11.5. The van der Waals surface area contributed by atoms with Gasteiger partial charge in [-0.2, -0.15) is 0 Å². The lowest BCUT2D eigenvalue weighted by atomic mass is 10.3. The summed E-state index contributed by atoms with van der Waals surface area (Å²) in [7, 11) is 0. The molecular formula is C10H11N3OS2. The Kier molecular flexibility index (Phi) is 3.31. The zero-order valence-corrected chi connectivity index (χ0v) is 10.6. The molecule has 0 fully saturated rings. The van der Waals surface area contributed by atoms with Gasteiger partial charge in [0.05, 0.1) is 29.0 Å². The van der Waals surface area contributed by atoms with Crippen molar-refractivity contribution in [3.8, 4) is 0 Å². The Labute approximate surface area is 102 Å². The van der Waals surface area contributed by atoms with Gasteiger partial charge in [-0.25, -0.2) is 9.36 Å². The van der Waals surface area contributed by atoms with Crippen LogP contribution in [0.25, 0.3) is 0 Å². The smallest absolute Gasteiger partial charge is 0.254 e. The Morgan fingerprint density at radius 1 is 1.50 bits per heavy atom. The van der Waals surface area contributed by atoms with E-state index in [0.29, 0.717) is 12.1 Å². The van der Waals surface area contributed by atoms with Crippen LogP contribution in [-0.2, 0) is 6.54 Å². The molecule has 0 aromatic carbocycles. The summed E-state index contributed by atoms with van der Waals surface area (Å²) < 4.78 is 3.89. The molecule has 84 valence electrons. The van der Waals surface area contributed by atoms with Gasteiger partial charge in [-0.15, -0.1) is 11.3 Å². The van der Waals surface area contributed by atoms with E-state index in [-0.39, 0.29) is 5.91 Å². The monoisotopic (exact) mass is 253 g/mol. The Bertz CT molecular complexity index is 490. The fourth-order valence-corrected chi connectivity index (χ4v) is 2.71. The Morgan fingerprint density at radius 2 is 2.31 bits per heavy atom. The molecule has 2 heterocycles. The van der Waals surface area contributed by atoms with Crippen molar-refractivity contribution in [2.45, 2.75) is 20.4 Å². The molecule has 0 radical (unpaired) electrons. The van der Waals surface area contributed by atoms with Gasteiger partial charge in [0.15, 0.2) is 0 Å². The lowest BCUT2D eigenvalue weighted by Crippen LogP contribution is -2.22. The third kappa shape index (κ3) is 2.45. The van der Waals surface area contributed by atoms with Crippen molar-refractivity contribution < 1.29 is 4.79 Å². The average Bonchev–Trinajstić information content (AvgIpc) is 2.84. The van der Waals surface area contributed by atoms with E-state index in [1.165, 1.54) is 11.5 Å². The molecule has 0 spiro atoms. The number of hydrogen-bond donors (Lipinski definition) is 1. The van der Waals surface area contributed by atoms with E-state index in [2.05, 4.69) is 14.7 Å². The normalized spacial score (nSPS) is 10.4. The lowest BCUT2D eigenvalue weighted by Gasteiger charge is -2.01. The number of carbonyl (C=O) groups excluding carboxylic acids is 1. The second kappa shape index (κ2) is 4.71. The van der Waals surface area contributed by atoms with E-state index in [4.69, 9.17) is 0 Å². The van der Waals surface area contributed by atoms with Gasteiger partial charge in [0.1, 0.15) is 0 Å². The number of carbonyl (C=O) groups is 1. The van der Waals surface area contributed by atoms with Gasteiger partial charge in [0, 0.05) is 10.3 Å². The van der Waals surface area contributed by atoms with Crippen molar-refractivity contribution in [3.63, 3.8) is 0 Å². The predicted octanol–water partition coefficient (Wildman–Crippen LogP) is 2.15. The first-order valence-electron chi connectivity index (χ1n) is 4.77. The first-order valence-corrected chi connectivity index (χ1v) is 6.42. The maximum Gasteiger partial charge on any atom is 0.254 e. The van der Waals surface area contributed by atoms with Crippen molar-refractivity contribution in [1.29, 1.82) is 0 Å². The number of hydrogen-bond acceptors (Lipinski definition) is 5. The van der Waals surface area contributed by atoms with Crippen molar-refractivity contribution >= 4 is 28.8 Å². The summed E-state index contributed by atoms with van der Waals surface area (Å²) in [4.78, 5) is 17.1. The number of nitrogens with one attached hydrogen (secondary N) is 1. The molecule has 2 aromatic heterocycles. The summed E-state index contributed by atoms with van der Waals surface area (Å²) in [5, 5.41) is 5.62. The topological polar surface area (TPSA) is 54.9 Å². The highest BCUT2D eigenvalue weighted by Crippen LogP contribution is 2.16. The highest BCUT2D eigenvalue weighted by molar-refractivity contribution is 7.11. The summed E-state index contributed by atoms with van der Waals surface area (Å²) in [5.74, 6) is -0.0841. The van der Waals surface area contributed by atoms with Crippen molar-refractivity contribution in [1.82, 2.24) is 14.7 Å². The van der Waals surface area contributed by atoms with Gasteiger partial charge < -0.3 is 5.32 Å². The first kappa shape index (κ1) is 11.2. The van der Waals surface area contributed by atoms with Crippen LogP contribution in [0, 0.1) is 13.8 Å². The quantitative estimate of drug-likeness (QED) is 0.912. The first-order chi connectivity index (χ1) is 7.66. The van der Waals surface area contributed by atoms with E-state index in [1.807, 2.05) is 13.8 Å². The van der Waals surface area contributed by atoms with Gasteiger partial charge in [0.25, 0.3) is 5.91 Å². The summed E-state index contributed by atoms with van der Waals surface area (Å²) in [6.07, 6.45) is 1.57. The Balaban J connectivity index is 1.98. The number of rotatable bonds is 3. The second-order valence-electron chi connectivity index (χ2n) is 3.34. The molecule has 2 rings (SSSR count). The SMILES string of the molecule is Cc1nc(C)c(CNC(=O)c2cnsc2)s1. The average molecular weight is 253 g/mol. The largest absolute Gasteiger partial charge is 0.347 e. The molecule has 6 heteroatoms. The van der Waals surface area contributed by atoms with Crippen LogP contribution in [0.15, 0.2) is 11.6 Å². The van der Waals surface area contributed by atoms with Crippen LogP contribution in [0.5, 0.6) is 0 Å². The molecule has 0 bridgehead atoms. The van der Waals surface area contributed by atoms with Gasteiger partial charge in [-0.1, -0.05) is 0 Å². The summed E-state index contributed by atoms with van der Waals surface area (Å²) in [5.41, 5.74) is 1.61. The Morgan fingerprint density at radius 3 is 2.88 bits per heavy atom. The highest BCUT2D eigenvalue weighted by Gasteiger charge is 2.09. The van der Waals surface area contributed by atoms with Crippen molar-refractivity contribution in [2.75, 3.05) is 0 Å². The van der Waals surface area contributed by atoms with Gasteiger partial charge in [-0.3, -0.25) is 4.79 Å². The highest BCUT2D eigenvalue weighted by atomic mass is 32.1. The van der Waals surface area contributed by atoms with Crippen LogP contribution in [0.4, 0.5) is 0 Å². The van der Waals surface area contributed by atoms with E-state index in [1.54, 1.807) is 22.9 Å². The maximum absolute atomic E-state index is 11.6. The molecule has 0 saturated heterocycles. The van der Waals surface area contributed by atoms with Crippen molar-refractivity contribution in [3.05, 3.63) is 32.7 Å². The predicted molar refractivity (Wildman–Crippen MR) is 64.9 cm³/mol. The molecule has 0 unspecified atom stereocenters. The third-order valence-corrected chi connectivity index (χ3v) is 3.76. The van der Waals surface area contributed by atoms with Gasteiger partial charge in [-0.05, 0) is 25.4 Å². The molecular weight excluding hydrogens is 242 g/mol. The van der Waals surface area contributed by atoms with E-state index in [0.717, 1.165) is 15.6 Å². The maximum atomic E-state index is 11.6. The molecule has 0 aliphatic rings. The number of aryl methyl sites for hydroxylation is 2. The van der Waals surface area contributed by atoms with Crippen LogP contribution in [0.2, 0.25) is 0 Å². The summed E-state index contributed by atoms with van der Waals surface area (Å²) in [6, 6.07) is 0.